The molecule has 0 aliphatic carbocycles. The molecule has 0 radical (unpaired) electrons. The van der Waals surface area contributed by atoms with Crippen molar-refractivity contribution in [3.63, 3.8) is 0 Å². The van der Waals surface area contributed by atoms with E-state index in [1.54, 1.807) is 6.92 Å². The Labute approximate surface area is 176 Å². The molecule has 0 unspecified atom stereocenters. The lowest BCUT2D eigenvalue weighted by Gasteiger charge is -2.17. The minimum Gasteiger partial charge on any atom is -0.462 e. The van der Waals surface area contributed by atoms with E-state index in [-0.39, 0.29) is 5.97 Å². The normalized spacial score (nSPS) is 11.6. The number of hydrogen-bond donors (Lipinski definition) is 0. The van der Waals surface area contributed by atoms with Gasteiger partial charge in [0.1, 0.15) is 0 Å². The van der Waals surface area contributed by atoms with E-state index in [2.05, 4.69) is 34.3 Å². The molecule has 0 aromatic rings. The van der Waals surface area contributed by atoms with Crippen molar-refractivity contribution < 1.29 is 9.53 Å². The van der Waals surface area contributed by atoms with Gasteiger partial charge < -0.3 is 4.74 Å². The van der Waals surface area contributed by atoms with Gasteiger partial charge in [-0.1, -0.05) is 111 Å². The van der Waals surface area contributed by atoms with Gasteiger partial charge >= 0.3 is 5.97 Å². The third-order valence-corrected chi connectivity index (χ3v) is 5.59. The number of unbranched alkanes of at least 4 members (excludes halogenated alkanes) is 8. The Bertz CT molecular complexity index is 362. The summed E-state index contributed by atoms with van der Waals surface area (Å²) < 4.78 is 5.47. The lowest BCUT2D eigenvalue weighted by molar-refractivity contribution is -0.140. The van der Waals surface area contributed by atoms with Crippen molar-refractivity contribution in [1.29, 1.82) is 0 Å². The maximum Gasteiger partial charge on any atom is 0.333 e. The predicted octanol–water partition coefficient (Wildman–Crippen LogP) is 8.50. The van der Waals surface area contributed by atoms with Gasteiger partial charge in [-0.3, -0.25) is 0 Å². The summed E-state index contributed by atoms with van der Waals surface area (Å²) in [6.07, 6.45) is 18.4. The Balaban J connectivity index is 3.97. The first-order valence-corrected chi connectivity index (χ1v) is 12.2. The molecule has 0 aliphatic heterocycles. The van der Waals surface area contributed by atoms with E-state index >= 15 is 0 Å². The Morgan fingerprint density at radius 2 is 1.04 bits per heavy atom. The van der Waals surface area contributed by atoms with Crippen molar-refractivity contribution in [3.05, 3.63) is 12.2 Å². The molecule has 0 bridgehead atoms. The van der Waals surface area contributed by atoms with Crippen LogP contribution in [0.1, 0.15) is 125 Å². The fourth-order valence-corrected chi connectivity index (χ4v) is 3.66. The maximum atomic E-state index is 11.7. The van der Waals surface area contributed by atoms with E-state index in [4.69, 9.17) is 4.74 Å². The zero-order valence-corrected chi connectivity index (χ0v) is 19.9. The summed E-state index contributed by atoms with van der Waals surface area (Å²) in [5.41, 5.74) is 0.508. The SMILES string of the molecule is C=C(C)C(=O)OCC(CCCCCCCC(C)C)CCCCCCCC(C)C. The Morgan fingerprint density at radius 1 is 0.679 bits per heavy atom. The number of hydrogen-bond acceptors (Lipinski definition) is 2. The molecule has 0 saturated heterocycles. The fourth-order valence-electron chi connectivity index (χ4n) is 3.66. The van der Waals surface area contributed by atoms with Gasteiger partial charge in [0.2, 0.25) is 0 Å². The van der Waals surface area contributed by atoms with Crippen LogP contribution in [0.2, 0.25) is 0 Å². The monoisotopic (exact) mass is 394 g/mol. The number of carbonyl (C=O) groups is 1. The van der Waals surface area contributed by atoms with Crippen molar-refractivity contribution in [2.45, 2.75) is 125 Å². The van der Waals surface area contributed by atoms with E-state index in [1.807, 2.05) is 0 Å². The second-order valence-corrected chi connectivity index (χ2v) is 9.72. The Hall–Kier alpha value is -0.790. The zero-order valence-electron chi connectivity index (χ0n) is 19.9. The first-order valence-electron chi connectivity index (χ1n) is 12.2. The van der Waals surface area contributed by atoms with Crippen LogP contribution in [0.25, 0.3) is 0 Å². The Kier molecular flexibility index (Phi) is 17.7. The maximum absolute atomic E-state index is 11.7. The van der Waals surface area contributed by atoms with Crippen molar-refractivity contribution in [3.8, 4) is 0 Å². The van der Waals surface area contributed by atoms with Gasteiger partial charge in [-0.25, -0.2) is 4.79 Å². The molecular formula is C26H50O2. The molecule has 28 heavy (non-hydrogen) atoms. The highest BCUT2D eigenvalue weighted by Crippen LogP contribution is 2.21. The summed E-state index contributed by atoms with van der Waals surface area (Å²) in [4.78, 5) is 11.7. The summed E-state index contributed by atoms with van der Waals surface area (Å²) in [6.45, 7) is 15.2. The standard InChI is InChI=1S/C26H50O2/c1-22(2)17-13-9-7-11-15-19-25(21-28-26(27)24(5)6)20-16-12-8-10-14-18-23(3)4/h22-23,25H,5,7-21H2,1-4,6H3. The number of rotatable bonds is 19. The molecule has 0 spiro atoms. The van der Waals surface area contributed by atoms with Gasteiger partial charge in [-0.2, -0.15) is 0 Å². The molecule has 0 aromatic heterocycles. The summed E-state index contributed by atoms with van der Waals surface area (Å²) in [5.74, 6) is 1.96. The second-order valence-electron chi connectivity index (χ2n) is 9.72. The number of esters is 1. The first-order chi connectivity index (χ1) is 13.3. The quantitative estimate of drug-likeness (QED) is 0.125. The molecular weight excluding hydrogens is 344 g/mol. The van der Waals surface area contributed by atoms with Crippen LogP contribution in [-0.2, 0) is 9.53 Å². The average Bonchev–Trinajstić information content (AvgIpc) is 2.62. The van der Waals surface area contributed by atoms with E-state index in [9.17, 15) is 4.79 Å². The van der Waals surface area contributed by atoms with E-state index in [1.165, 1.54) is 89.9 Å². The fraction of sp³-hybridized carbons (Fsp3) is 0.885. The third kappa shape index (κ3) is 18.6. The highest BCUT2D eigenvalue weighted by Gasteiger charge is 2.12. The Morgan fingerprint density at radius 3 is 1.39 bits per heavy atom. The van der Waals surface area contributed by atoms with Crippen molar-refractivity contribution in [2.24, 2.45) is 17.8 Å². The van der Waals surface area contributed by atoms with Crippen LogP contribution < -0.4 is 0 Å². The topological polar surface area (TPSA) is 26.3 Å². The van der Waals surface area contributed by atoms with Crippen LogP contribution in [0, 0.1) is 17.8 Å². The van der Waals surface area contributed by atoms with E-state index < -0.39 is 0 Å². The molecule has 2 heteroatoms. The molecule has 0 heterocycles. The summed E-state index contributed by atoms with van der Waals surface area (Å²) in [6, 6.07) is 0. The number of carbonyl (C=O) groups excluding carboxylic acids is 1. The molecule has 0 aliphatic rings. The van der Waals surface area contributed by atoms with Crippen LogP contribution in [0.15, 0.2) is 12.2 Å². The van der Waals surface area contributed by atoms with Crippen LogP contribution >= 0.6 is 0 Å². The molecule has 0 N–H and O–H groups in total. The molecule has 0 atom stereocenters. The van der Waals surface area contributed by atoms with Gasteiger partial charge in [0, 0.05) is 5.57 Å². The summed E-state index contributed by atoms with van der Waals surface area (Å²) in [7, 11) is 0. The van der Waals surface area contributed by atoms with Crippen LogP contribution in [0.3, 0.4) is 0 Å². The van der Waals surface area contributed by atoms with Gasteiger partial charge in [0.05, 0.1) is 6.61 Å². The van der Waals surface area contributed by atoms with Crippen LogP contribution in [0.5, 0.6) is 0 Å². The lowest BCUT2D eigenvalue weighted by Crippen LogP contribution is -2.15. The minimum absolute atomic E-state index is 0.229. The highest BCUT2D eigenvalue weighted by atomic mass is 16.5. The highest BCUT2D eigenvalue weighted by molar-refractivity contribution is 5.86. The summed E-state index contributed by atoms with van der Waals surface area (Å²) >= 11 is 0. The van der Waals surface area contributed by atoms with Gasteiger partial charge in [0.15, 0.2) is 0 Å². The summed E-state index contributed by atoms with van der Waals surface area (Å²) in [5, 5.41) is 0. The van der Waals surface area contributed by atoms with Gasteiger partial charge in [-0.05, 0) is 37.5 Å². The molecule has 0 rings (SSSR count). The van der Waals surface area contributed by atoms with Crippen molar-refractivity contribution in [2.75, 3.05) is 6.61 Å². The minimum atomic E-state index is -0.229. The van der Waals surface area contributed by atoms with Crippen molar-refractivity contribution in [1.82, 2.24) is 0 Å². The average molecular weight is 395 g/mol. The van der Waals surface area contributed by atoms with E-state index in [0.29, 0.717) is 18.1 Å². The largest absolute Gasteiger partial charge is 0.462 e. The second kappa shape index (κ2) is 18.3. The van der Waals surface area contributed by atoms with Crippen LogP contribution in [-0.4, -0.2) is 12.6 Å². The lowest BCUT2D eigenvalue weighted by atomic mass is 9.94. The van der Waals surface area contributed by atoms with Gasteiger partial charge in [0.25, 0.3) is 0 Å². The zero-order chi connectivity index (χ0) is 21.2. The molecule has 0 amide bonds. The van der Waals surface area contributed by atoms with Crippen molar-refractivity contribution >= 4 is 5.97 Å². The van der Waals surface area contributed by atoms with Crippen LogP contribution in [0.4, 0.5) is 0 Å². The molecule has 0 aromatic carbocycles. The van der Waals surface area contributed by atoms with Gasteiger partial charge in [-0.15, -0.1) is 0 Å². The third-order valence-electron chi connectivity index (χ3n) is 5.59. The van der Waals surface area contributed by atoms with E-state index in [0.717, 1.165) is 11.8 Å². The smallest absolute Gasteiger partial charge is 0.333 e. The first kappa shape index (κ1) is 27.2. The predicted molar refractivity (Wildman–Crippen MR) is 124 cm³/mol. The molecule has 166 valence electrons. The number of ether oxygens (including phenoxy) is 1. The molecule has 2 nitrogen and oxygen atoms in total. The molecule has 0 saturated carbocycles. The molecule has 0 fully saturated rings.